The minimum Gasteiger partial charge on any atom is -0.444 e. The topological polar surface area (TPSA) is 88.5 Å². The van der Waals surface area contributed by atoms with Crippen LogP contribution in [-0.4, -0.2) is 71.6 Å². The number of methoxy groups -OCH3 is 1. The van der Waals surface area contributed by atoms with Gasteiger partial charge in [0.25, 0.3) is 0 Å². The highest BCUT2D eigenvalue weighted by Crippen LogP contribution is 2.63. The van der Waals surface area contributed by atoms with E-state index in [1.165, 1.54) is 0 Å². The molecule has 7 heteroatoms. The molecule has 2 N–H and O–H groups in total. The van der Waals surface area contributed by atoms with E-state index in [1.54, 1.807) is 12.0 Å². The number of amides is 1. The zero-order valence-corrected chi connectivity index (χ0v) is 19.4. The lowest BCUT2D eigenvalue weighted by molar-refractivity contribution is -0.228. The third kappa shape index (κ3) is 4.36. The molecule has 2 saturated carbocycles. The van der Waals surface area contributed by atoms with Gasteiger partial charge in [-0.25, -0.2) is 4.79 Å². The van der Waals surface area contributed by atoms with Gasteiger partial charge in [-0.1, -0.05) is 6.92 Å². The number of aliphatic hydroxyl groups is 2. The lowest BCUT2D eigenvalue weighted by Crippen LogP contribution is -2.61. The van der Waals surface area contributed by atoms with Crippen LogP contribution in [0.25, 0.3) is 0 Å². The Labute approximate surface area is 181 Å². The van der Waals surface area contributed by atoms with E-state index >= 15 is 0 Å². The van der Waals surface area contributed by atoms with Gasteiger partial charge in [0.1, 0.15) is 12.4 Å². The van der Waals surface area contributed by atoms with Gasteiger partial charge in [0.15, 0.2) is 0 Å². The van der Waals surface area contributed by atoms with Crippen molar-refractivity contribution in [3.8, 4) is 0 Å². The lowest BCUT2D eigenvalue weighted by Gasteiger charge is -2.54. The normalized spacial score (nSPS) is 40.0. The van der Waals surface area contributed by atoms with Gasteiger partial charge in [0.05, 0.1) is 17.8 Å². The van der Waals surface area contributed by atoms with Crippen molar-refractivity contribution in [3.63, 3.8) is 0 Å². The van der Waals surface area contributed by atoms with Gasteiger partial charge in [-0.3, -0.25) is 0 Å². The van der Waals surface area contributed by atoms with Crippen molar-refractivity contribution in [3.05, 3.63) is 0 Å². The Morgan fingerprint density at radius 2 is 1.80 bits per heavy atom. The SMILES string of the molecule is COCOC1CC(C)CC2C[C@H](O)[C@@]3(O)CCCN(C(=O)OC(C)(C)C)CCCC213. The molecule has 1 amide bonds. The summed E-state index contributed by atoms with van der Waals surface area (Å²) in [6, 6.07) is 0. The third-order valence-electron chi connectivity index (χ3n) is 7.51. The molecule has 0 bridgehead atoms. The molecule has 3 fully saturated rings. The van der Waals surface area contributed by atoms with Crippen LogP contribution in [0.5, 0.6) is 0 Å². The summed E-state index contributed by atoms with van der Waals surface area (Å²) in [7, 11) is 1.61. The molecule has 3 aliphatic rings. The fourth-order valence-electron chi connectivity index (χ4n) is 6.41. The zero-order chi connectivity index (χ0) is 22.2. The summed E-state index contributed by atoms with van der Waals surface area (Å²) in [5.74, 6) is 0.680. The van der Waals surface area contributed by atoms with Gasteiger partial charge in [-0.2, -0.15) is 0 Å². The highest BCUT2D eigenvalue weighted by atomic mass is 16.7. The molecule has 30 heavy (non-hydrogen) atoms. The molecule has 0 aromatic carbocycles. The number of hydrogen-bond acceptors (Lipinski definition) is 6. The number of nitrogens with zero attached hydrogens (tertiary/aromatic N) is 1. The maximum atomic E-state index is 12.7. The van der Waals surface area contributed by atoms with Gasteiger partial charge in [-0.15, -0.1) is 0 Å². The highest BCUT2D eigenvalue weighted by molar-refractivity contribution is 5.68. The molecule has 6 atom stereocenters. The summed E-state index contributed by atoms with van der Waals surface area (Å²) in [6.07, 6.45) is 3.74. The minimum atomic E-state index is -1.21. The van der Waals surface area contributed by atoms with Crippen LogP contribution in [0.4, 0.5) is 4.79 Å². The average Bonchev–Trinajstić information content (AvgIpc) is 2.88. The molecule has 4 unspecified atom stereocenters. The van der Waals surface area contributed by atoms with E-state index in [0.717, 1.165) is 19.3 Å². The molecule has 1 heterocycles. The number of ether oxygens (including phenoxy) is 3. The summed E-state index contributed by atoms with van der Waals surface area (Å²) in [4.78, 5) is 14.4. The molecule has 7 nitrogen and oxygen atoms in total. The first kappa shape index (κ1) is 23.8. The average molecular weight is 428 g/mol. The predicted molar refractivity (Wildman–Crippen MR) is 113 cm³/mol. The Balaban J connectivity index is 1.87. The van der Waals surface area contributed by atoms with Crippen molar-refractivity contribution in [2.45, 2.75) is 96.1 Å². The van der Waals surface area contributed by atoms with E-state index in [2.05, 4.69) is 6.92 Å². The van der Waals surface area contributed by atoms with Crippen LogP contribution >= 0.6 is 0 Å². The Morgan fingerprint density at radius 3 is 2.43 bits per heavy atom. The monoisotopic (exact) mass is 427 g/mol. The predicted octanol–water partition coefficient (Wildman–Crippen LogP) is 3.31. The molecule has 0 radical (unpaired) electrons. The van der Waals surface area contributed by atoms with E-state index in [0.29, 0.717) is 44.7 Å². The van der Waals surface area contributed by atoms with Crippen LogP contribution in [-0.2, 0) is 14.2 Å². The van der Waals surface area contributed by atoms with Crippen LogP contribution in [0.1, 0.15) is 72.6 Å². The van der Waals surface area contributed by atoms with Crippen molar-refractivity contribution in [1.29, 1.82) is 0 Å². The molecule has 2 aliphatic carbocycles. The third-order valence-corrected chi connectivity index (χ3v) is 7.51. The molecular weight excluding hydrogens is 386 g/mol. The second-order valence-electron chi connectivity index (χ2n) is 10.7. The van der Waals surface area contributed by atoms with E-state index in [-0.39, 0.29) is 24.9 Å². The van der Waals surface area contributed by atoms with Crippen LogP contribution in [0.15, 0.2) is 0 Å². The van der Waals surface area contributed by atoms with E-state index < -0.39 is 22.7 Å². The van der Waals surface area contributed by atoms with Crippen LogP contribution in [0.3, 0.4) is 0 Å². The second-order valence-corrected chi connectivity index (χ2v) is 10.7. The van der Waals surface area contributed by atoms with E-state index in [1.807, 2.05) is 20.8 Å². The smallest absolute Gasteiger partial charge is 0.410 e. The standard InChI is InChI=1S/C23H41NO6/c1-16-12-17-14-18(25)23(27)9-7-11-24(20(26)30-21(2,3)4)10-6-8-22(17,23)19(13-16)29-15-28-5/h16-19,25,27H,6-15H2,1-5H3/t16?,17?,18-,19?,22?,23-/m0/s1. The van der Waals surface area contributed by atoms with Crippen molar-refractivity contribution >= 4 is 6.09 Å². The Bertz CT molecular complexity index is 607. The zero-order valence-electron chi connectivity index (χ0n) is 19.4. The highest BCUT2D eigenvalue weighted by Gasteiger charge is 2.68. The van der Waals surface area contributed by atoms with Gasteiger partial charge < -0.3 is 29.3 Å². The van der Waals surface area contributed by atoms with Gasteiger partial charge in [0, 0.05) is 25.6 Å². The quantitative estimate of drug-likeness (QED) is 0.672. The Morgan fingerprint density at radius 1 is 1.13 bits per heavy atom. The Kier molecular flexibility index (Phi) is 7.07. The number of carbonyl (C=O) groups is 1. The fourth-order valence-corrected chi connectivity index (χ4v) is 6.41. The van der Waals surface area contributed by atoms with Gasteiger partial charge in [-0.05, 0) is 77.6 Å². The summed E-state index contributed by atoms with van der Waals surface area (Å²) in [6.45, 7) is 9.12. The molecule has 0 aromatic heterocycles. The maximum absolute atomic E-state index is 12.7. The second kappa shape index (κ2) is 8.93. The molecule has 174 valence electrons. The first-order valence-electron chi connectivity index (χ1n) is 11.5. The van der Waals surface area contributed by atoms with Crippen LogP contribution in [0.2, 0.25) is 0 Å². The summed E-state index contributed by atoms with van der Waals surface area (Å²) < 4.78 is 17.0. The number of aliphatic hydroxyl groups excluding tert-OH is 1. The first-order chi connectivity index (χ1) is 14.0. The fraction of sp³-hybridized carbons (Fsp3) is 0.957. The summed E-state index contributed by atoms with van der Waals surface area (Å²) in [5.41, 5.74) is -2.26. The molecule has 0 aromatic rings. The molecule has 1 spiro atoms. The lowest BCUT2D eigenvalue weighted by atomic mass is 9.55. The van der Waals surface area contributed by atoms with Crippen molar-refractivity contribution < 1.29 is 29.2 Å². The number of hydrogen-bond donors (Lipinski definition) is 2. The number of rotatable bonds is 3. The maximum Gasteiger partial charge on any atom is 0.410 e. The van der Waals surface area contributed by atoms with Crippen LogP contribution < -0.4 is 0 Å². The largest absolute Gasteiger partial charge is 0.444 e. The van der Waals surface area contributed by atoms with Crippen molar-refractivity contribution in [2.24, 2.45) is 17.3 Å². The van der Waals surface area contributed by atoms with Gasteiger partial charge in [0.2, 0.25) is 0 Å². The van der Waals surface area contributed by atoms with Crippen LogP contribution in [0, 0.1) is 17.3 Å². The van der Waals surface area contributed by atoms with Gasteiger partial charge >= 0.3 is 6.09 Å². The number of carbonyl (C=O) groups excluding carboxylic acids is 1. The van der Waals surface area contributed by atoms with Crippen molar-refractivity contribution in [2.75, 3.05) is 27.0 Å². The summed E-state index contributed by atoms with van der Waals surface area (Å²) in [5, 5.41) is 23.0. The molecule has 1 saturated heterocycles. The molecule has 3 rings (SSSR count). The summed E-state index contributed by atoms with van der Waals surface area (Å²) >= 11 is 0. The minimum absolute atomic E-state index is 0.165. The molecule has 1 aliphatic heterocycles. The van der Waals surface area contributed by atoms with E-state index in [9.17, 15) is 15.0 Å². The molecular formula is C23H41NO6. The van der Waals surface area contributed by atoms with Crippen molar-refractivity contribution in [1.82, 2.24) is 4.90 Å². The van der Waals surface area contributed by atoms with E-state index in [4.69, 9.17) is 14.2 Å². The first-order valence-corrected chi connectivity index (χ1v) is 11.5. The Hall–Kier alpha value is -0.890.